The molecule has 0 saturated carbocycles. The Morgan fingerprint density at radius 1 is 1.23 bits per heavy atom. The summed E-state index contributed by atoms with van der Waals surface area (Å²) in [6, 6.07) is 0. The van der Waals surface area contributed by atoms with E-state index in [1.807, 2.05) is 6.20 Å². The van der Waals surface area contributed by atoms with Crippen molar-refractivity contribution in [2.75, 3.05) is 13.2 Å². The first-order valence-electron chi connectivity index (χ1n) is 7.30. The van der Waals surface area contributed by atoms with Gasteiger partial charge in [-0.1, -0.05) is 5.21 Å². The molecule has 1 saturated heterocycles. The lowest BCUT2D eigenvalue weighted by Gasteiger charge is -2.39. The SMILES string of the molecule is Cn1cc(CCCCO[C@H]2O[C@H](CO)[C@@H](O)[C@H](O)[C@H]2O)nn1. The Morgan fingerprint density at radius 2 is 2.00 bits per heavy atom. The van der Waals surface area contributed by atoms with Crippen molar-refractivity contribution in [2.24, 2.45) is 7.05 Å². The number of aliphatic hydroxyl groups is 4. The van der Waals surface area contributed by atoms with Gasteiger partial charge in [-0.05, 0) is 19.3 Å². The number of hydrogen-bond donors (Lipinski definition) is 4. The third-order valence-electron chi connectivity index (χ3n) is 3.61. The Hall–Kier alpha value is -1.10. The fourth-order valence-electron chi connectivity index (χ4n) is 2.32. The lowest BCUT2D eigenvalue weighted by molar-refractivity contribution is -0.301. The fraction of sp³-hybridized carbons (Fsp3) is 0.846. The first-order valence-corrected chi connectivity index (χ1v) is 7.30. The van der Waals surface area contributed by atoms with Gasteiger partial charge in [-0.3, -0.25) is 4.68 Å². The van der Waals surface area contributed by atoms with Crippen LogP contribution < -0.4 is 0 Å². The van der Waals surface area contributed by atoms with E-state index < -0.39 is 37.3 Å². The van der Waals surface area contributed by atoms with Crippen molar-refractivity contribution >= 4 is 0 Å². The van der Waals surface area contributed by atoms with Gasteiger partial charge in [-0.15, -0.1) is 5.10 Å². The maximum Gasteiger partial charge on any atom is 0.186 e. The Morgan fingerprint density at radius 3 is 2.64 bits per heavy atom. The van der Waals surface area contributed by atoms with Gasteiger partial charge in [-0.2, -0.15) is 0 Å². The van der Waals surface area contributed by atoms with E-state index in [0.29, 0.717) is 13.0 Å². The quantitative estimate of drug-likeness (QED) is 0.423. The van der Waals surface area contributed by atoms with Crippen LogP contribution in [0.5, 0.6) is 0 Å². The number of unbranched alkanes of at least 4 members (excludes halogenated alkanes) is 1. The topological polar surface area (TPSA) is 130 Å². The highest BCUT2D eigenvalue weighted by molar-refractivity contribution is 4.91. The van der Waals surface area contributed by atoms with Gasteiger partial charge in [-0.25, -0.2) is 0 Å². The minimum absolute atomic E-state index is 0.322. The van der Waals surface area contributed by atoms with Crippen LogP contribution >= 0.6 is 0 Å². The Kier molecular flexibility index (Phi) is 6.24. The van der Waals surface area contributed by atoms with Gasteiger partial charge in [0.2, 0.25) is 0 Å². The molecule has 1 aromatic rings. The first kappa shape index (κ1) is 17.3. The second-order valence-electron chi connectivity index (χ2n) is 5.41. The van der Waals surface area contributed by atoms with Crippen LogP contribution in [0.1, 0.15) is 18.5 Å². The molecule has 0 unspecified atom stereocenters. The summed E-state index contributed by atoms with van der Waals surface area (Å²) < 4.78 is 12.3. The molecule has 0 bridgehead atoms. The molecule has 0 aliphatic carbocycles. The highest BCUT2D eigenvalue weighted by Gasteiger charge is 2.43. The number of aromatic nitrogens is 3. The molecular formula is C13H23N3O6. The van der Waals surface area contributed by atoms with Gasteiger partial charge in [0, 0.05) is 19.9 Å². The normalized spacial score (nSPS) is 32.3. The fourth-order valence-corrected chi connectivity index (χ4v) is 2.32. The van der Waals surface area contributed by atoms with E-state index in [-0.39, 0.29) is 0 Å². The number of nitrogens with zero attached hydrogens (tertiary/aromatic N) is 3. The molecular weight excluding hydrogens is 294 g/mol. The second kappa shape index (κ2) is 7.95. The molecule has 1 aliphatic heterocycles. The minimum atomic E-state index is -1.41. The van der Waals surface area contributed by atoms with Crippen molar-refractivity contribution in [3.05, 3.63) is 11.9 Å². The highest BCUT2D eigenvalue weighted by Crippen LogP contribution is 2.22. The smallest absolute Gasteiger partial charge is 0.186 e. The van der Waals surface area contributed by atoms with Gasteiger partial charge in [0.25, 0.3) is 0 Å². The van der Waals surface area contributed by atoms with Gasteiger partial charge < -0.3 is 29.9 Å². The standard InChI is InChI=1S/C13H23N3O6/c1-16-6-8(14-15-16)4-2-3-5-21-13-12(20)11(19)10(18)9(7-17)22-13/h6,9-13,17-20H,2-5,7H2,1H3/t9-,10-,11+,12-,13+/m1/s1. The maximum atomic E-state index is 9.80. The monoisotopic (exact) mass is 317 g/mol. The molecule has 1 aromatic heterocycles. The first-order chi connectivity index (χ1) is 10.5. The summed E-state index contributed by atoms with van der Waals surface area (Å²) in [6.45, 7) is -0.138. The zero-order valence-electron chi connectivity index (χ0n) is 12.4. The van der Waals surface area contributed by atoms with Crippen molar-refractivity contribution in [2.45, 2.75) is 50.0 Å². The molecule has 0 radical (unpaired) electrons. The zero-order valence-corrected chi connectivity index (χ0v) is 12.4. The van der Waals surface area contributed by atoms with Crippen molar-refractivity contribution in [1.82, 2.24) is 15.0 Å². The predicted octanol–water partition coefficient (Wildman–Crippen LogP) is -2.05. The number of hydrogen-bond acceptors (Lipinski definition) is 8. The van der Waals surface area contributed by atoms with Gasteiger partial charge in [0.05, 0.1) is 12.3 Å². The third-order valence-corrected chi connectivity index (χ3v) is 3.61. The van der Waals surface area contributed by atoms with Crippen LogP contribution in [0, 0.1) is 0 Å². The van der Waals surface area contributed by atoms with Crippen molar-refractivity contribution in [3.8, 4) is 0 Å². The number of aryl methyl sites for hydroxylation is 2. The number of aliphatic hydroxyl groups excluding tert-OH is 4. The van der Waals surface area contributed by atoms with E-state index in [9.17, 15) is 15.3 Å². The molecule has 126 valence electrons. The molecule has 9 nitrogen and oxygen atoms in total. The molecule has 2 rings (SSSR count). The van der Waals surface area contributed by atoms with E-state index in [1.54, 1.807) is 11.7 Å². The summed E-state index contributed by atoms with van der Waals surface area (Å²) in [7, 11) is 1.80. The average Bonchev–Trinajstić information content (AvgIpc) is 2.92. The molecule has 5 atom stereocenters. The lowest BCUT2D eigenvalue weighted by Crippen LogP contribution is -2.59. The molecule has 4 N–H and O–H groups in total. The molecule has 9 heteroatoms. The van der Waals surface area contributed by atoms with E-state index in [2.05, 4.69) is 10.3 Å². The summed E-state index contributed by atoms with van der Waals surface area (Å²) in [6.07, 6.45) is -1.97. The molecule has 0 spiro atoms. The molecule has 1 fully saturated rings. The number of ether oxygens (including phenoxy) is 2. The molecule has 1 aliphatic rings. The van der Waals surface area contributed by atoms with Crippen molar-refractivity contribution in [3.63, 3.8) is 0 Å². The summed E-state index contributed by atoms with van der Waals surface area (Å²) >= 11 is 0. The predicted molar refractivity (Wildman–Crippen MR) is 73.7 cm³/mol. The van der Waals surface area contributed by atoms with Crippen molar-refractivity contribution in [1.29, 1.82) is 0 Å². The summed E-state index contributed by atoms with van der Waals surface area (Å²) in [5.74, 6) is 0. The van der Waals surface area contributed by atoms with Crippen LogP contribution in [0.15, 0.2) is 6.20 Å². The van der Waals surface area contributed by atoms with Crippen LogP contribution in [-0.4, -0.2) is 79.3 Å². The van der Waals surface area contributed by atoms with E-state index in [0.717, 1.165) is 18.5 Å². The van der Waals surface area contributed by atoms with Crippen LogP contribution in [0.3, 0.4) is 0 Å². The molecule has 0 amide bonds. The van der Waals surface area contributed by atoms with Crippen molar-refractivity contribution < 1.29 is 29.9 Å². The van der Waals surface area contributed by atoms with Crippen LogP contribution in [0.25, 0.3) is 0 Å². The Balaban J connectivity index is 1.69. The second-order valence-corrected chi connectivity index (χ2v) is 5.41. The lowest BCUT2D eigenvalue weighted by atomic mass is 9.99. The van der Waals surface area contributed by atoms with Gasteiger partial charge >= 0.3 is 0 Å². The largest absolute Gasteiger partial charge is 0.394 e. The van der Waals surface area contributed by atoms with Gasteiger partial charge in [0.15, 0.2) is 6.29 Å². The highest BCUT2D eigenvalue weighted by atomic mass is 16.7. The van der Waals surface area contributed by atoms with Crippen LogP contribution in [-0.2, 0) is 22.9 Å². The minimum Gasteiger partial charge on any atom is -0.394 e. The molecule has 2 heterocycles. The van der Waals surface area contributed by atoms with E-state index >= 15 is 0 Å². The van der Waals surface area contributed by atoms with E-state index in [4.69, 9.17) is 14.6 Å². The maximum absolute atomic E-state index is 9.80. The van der Waals surface area contributed by atoms with Crippen LogP contribution in [0.2, 0.25) is 0 Å². The van der Waals surface area contributed by atoms with Crippen LogP contribution in [0.4, 0.5) is 0 Å². The number of rotatable bonds is 7. The Bertz CT molecular complexity index is 455. The molecule has 22 heavy (non-hydrogen) atoms. The summed E-state index contributed by atoms with van der Waals surface area (Å²) in [5.41, 5.74) is 0.898. The van der Waals surface area contributed by atoms with E-state index in [1.165, 1.54) is 0 Å². The average molecular weight is 317 g/mol. The third kappa shape index (κ3) is 4.22. The van der Waals surface area contributed by atoms with Gasteiger partial charge in [0.1, 0.15) is 24.4 Å². The Labute approximate surface area is 128 Å². The molecule has 0 aromatic carbocycles. The summed E-state index contributed by atoms with van der Waals surface area (Å²) in [4.78, 5) is 0. The zero-order chi connectivity index (χ0) is 16.1. The summed E-state index contributed by atoms with van der Waals surface area (Å²) in [5, 5.41) is 46.0.